The van der Waals surface area contributed by atoms with Gasteiger partial charge in [-0.3, -0.25) is 4.98 Å². The molecule has 1 saturated carbocycles. The van der Waals surface area contributed by atoms with Crippen LogP contribution >= 0.6 is 15.9 Å². The van der Waals surface area contributed by atoms with Crippen LogP contribution in [0.5, 0.6) is 0 Å². The third kappa shape index (κ3) is 5.75. The fraction of sp³-hybridized carbons (Fsp3) is 0.625. The highest BCUT2D eigenvalue weighted by atomic mass is 79.9. The van der Waals surface area contributed by atoms with Crippen LogP contribution in [-0.4, -0.2) is 41.5 Å². The lowest BCUT2D eigenvalue weighted by molar-refractivity contribution is -0.304. The van der Waals surface area contributed by atoms with Crippen LogP contribution < -0.4 is 5.32 Å². The van der Waals surface area contributed by atoms with Gasteiger partial charge in [-0.25, -0.2) is 0 Å². The molecule has 1 aromatic heterocycles. The second-order valence-corrected chi connectivity index (χ2v) is 10.3. The summed E-state index contributed by atoms with van der Waals surface area (Å²) < 4.78 is 49.0. The van der Waals surface area contributed by atoms with Crippen molar-refractivity contribution in [2.75, 3.05) is 19.7 Å². The SMILES string of the molecule is FC(F)(F)OC1=CC(Br)CC=C1CNCCC1(c2ccccn2)CCOC2(CCCC2)C1. The molecule has 0 aromatic carbocycles. The molecule has 8 heteroatoms. The molecule has 176 valence electrons. The highest BCUT2D eigenvalue weighted by Crippen LogP contribution is 2.49. The molecule has 3 aliphatic rings. The molecule has 2 fully saturated rings. The lowest BCUT2D eigenvalue weighted by Gasteiger charge is -2.46. The summed E-state index contributed by atoms with van der Waals surface area (Å²) in [5, 5.41) is 3.37. The second kappa shape index (κ2) is 9.85. The number of nitrogens with zero attached hydrogens (tertiary/aromatic N) is 1. The molecule has 0 radical (unpaired) electrons. The van der Waals surface area contributed by atoms with Crippen molar-refractivity contribution in [2.45, 2.75) is 73.6 Å². The van der Waals surface area contributed by atoms with Crippen LogP contribution in [0, 0.1) is 0 Å². The number of rotatable bonds is 7. The lowest BCUT2D eigenvalue weighted by Crippen LogP contribution is -2.47. The van der Waals surface area contributed by atoms with E-state index in [0.29, 0.717) is 25.1 Å². The van der Waals surface area contributed by atoms with Gasteiger partial charge in [0.15, 0.2) is 0 Å². The van der Waals surface area contributed by atoms with E-state index in [1.165, 1.54) is 18.9 Å². The van der Waals surface area contributed by atoms with Gasteiger partial charge < -0.3 is 14.8 Å². The molecule has 32 heavy (non-hydrogen) atoms. The normalized spacial score (nSPS) is 27.8. The molecule has 1 aromatic rings. The third-order valence-electron chi connectivity index (χ3n) is 6.93. The van der Waals surface area contributed by atoms with Crippen LogP contribution in [0.2, 0.25) is 0 Å². The monoisotopic (exact) mass is 514 g/mol. The first kappa shape index (κ1) is 23.8. The van der Waals surface area contributed by atoms with Crippen LogP contribution in [0.4, 0.5) is 13.2 Å². The Labute approximate surface area is 195 Å². The maximum atomic E-state index is 12.8. The predicted octanol–water partition coefficient (Wildman–Crippen LogP) is 5.94. The minimum absolute atomic E-state index is 0.0526. The van der Waals surface area contributed by atoms with Gasteiger partial charge in [-0.05, 0) is 63.3 Å². The van der Waals surface area contributed by atoms with Crippen LogP contribution in [0.1, 0.15) is 57.1 Å². The Morgan fingerprint density at radius 3 is 2.75 bits per heavy atom. The molecule has 0 bridgehead atoms. The second-order valence-electron chi connectivity index (χ2n) is 9.15. The predicted molar refractivity (Wildman–Crippen MR) is 120 cm³/mol. The lowest BCUT2D eigenvalue weighted by atomic mass is 9.68. The molecule has 1 aliphatic heterocycles. The molecule has 1 N–H and O–H groups in total. The van der Waals surface area contributed by atoms with E-state index in [4.69, 9.17) is 9.72 Å². The van der Waals surface area contributed by atoms with Crippen molar-refractivity contribution in [3.8, 4) is 0 Å². The van der Waals surface area contributed by atoms with E-state index < -0.39 is 6.36 Å². The molecule has 4 nitrogen and oxygen atoms in total. The van der Waals surface area contributed by atoms with Gasteiger partial charge in [0.2, 0.25) is 0 Å². The summed E-state index contributed by atoms with van der Waals surface area (Å²) >= 11 is 3.35. The summed E-state index contributed by atoms with van der Waals surface area (Å²) in [6.45, 7) is 1.74. The topological polar surface area (TPSA) is 43.4 Å². The Hall–Kier alpha value is -1.38. The van der Waals surface area contributed by atoms with Gasteiger partial charge in [0.1, 0.15) is 5.76 Å². The van der Waals surface area contributed by atoms with E-state index in [2.05, 4.69) is 32.0 Å². The van der Waals surface area contributed by atoms with Crippen molar-refractivity contribution in [3.63, 3.8) is 0 Å². The summed E-state index contributed by atoms with van der Waals surface area (Å²) in [6, 6.07) is 6.07. The number of allylic oxidation sites excluding steroid dienone is 2. The first-order chi connectivity index (χ1) is 15.3. The van der Waals surface area contributed by atoms with Crippen molar-refractivity contribution in [1.29, 1.82) is 0 Å². The molecule has 2 aliphatic carbocycles. The summed E-state index contributed by atoms with van der Waals surface area (Å²) in [7, 11) is 0. The van der Waals surface area contributed by atoms with Crippen LogP contribution in [0.3, 0.4) is 0 Å². The van der Waals surface area contributed by atoms with E-state index in [1.54, 1.807) is 0 Å². The van der Waals surface area contributed by atoms with Gasteiger partial charge in [0.25, 0.3) is 0 Å². The van der Waals surface area contributed by atoms with E-state index >= 15 is 0 Å². The van der Waals surface area contributed by atoms with Gasteiger partial charge in [-0.2, -0.15) is 0 Å². The van der Waals surface area contributed by atoms with E-state index in [0.717, 1.165) is 44.4 Å². The molecule has 2 unspecified atom stereocenters. The average molecular weight is 515 g/mol. The number of hydrogen-bond acceptors (Lipinski definition) is 4. The number of halogens is 4. The Morgan fingerprint density at radius 1 is 1.22 bits per heavy atom. The Balaban J connectivity index is 1.42. The van der Waals surface area contributed by atoms with Crippen molar-refractivity contribution in [2.24, 2.45) is 0 Å². The van der Waals surface area contributed by atoms with Crippen molar-refractivity contribution in [3.05, 3.63) is 53.6 Å². The van der Waals surface area contributed by atoms with Crippen molar-refractivity contribution >= 4 is 15.9 Å². The summed E-state index contributed by atoms with van der Waals surface area (Å²) in [4.78, 5) is 4.55. The molecule has 2 heterocycles. The largest absolute Gasteiger partial charge is 0.573 e. The number of hydrogen-bond donors (Lipinski definition) is 1. The number of ether oxygens (including phenoxy) is 2. The first-order valence-electron chi connectivity index (χ1n) is 11.4. The molecule has 4 rings (SSSR count). The molecular weight excluding hydrogens is 485 g/mol. The third-order valence-corrected chi connectivity index (χ3v) is 7.57. The molecular formula is C24H30BrF3N2O2. The summed E-state index contributed by atoms with van der Waals surface area (Å²) in [5.41, 5.74) is 1.50. The van der Waals surface area contributed by atoms with E-state index in [9.17, 15) is 13.2 Å². The molecule has 0 amide bonds. The number of pyridine rings is 1. The number of alkyl halides is 4. The van der Waals surface area contributed by atoms with Crippen molar-refractivity contribution in [1.82, 2.24) is 10.3 Å². The van der Waals surface area contributed by atoms with Gasteiger partial charge in [0.05, 0.1) is 5.60 Å². The standard InChI is InChI=1S/C24H30BrF3N2O2/c25-19-7-6-18(20(15-19)32-24(26,27)28)16-29-13-10-22(21-5-1-4-12-30-21)11-14-31-23(17-22)8-2-3-9-23/h1,4-6,12,15,19,29H,2-3,7-11,13-14,16-17H2. The number of nitrogens with one attached hydrogen (secondary N) is 1. The first-order valence-corrected chi connectivity index (χ1v) is 12.3. The van der Waals surface area contributed by atoms with Gasteiger partial charge in [0, 0.05) is 40.9 Å². The van der Waals surface area contributed by atoms with E-state index in [1.807, 2.05) is 24.4 Å². The van der Waals surface area contributed by atoms with Crippen LogP contribution in [0.15, 0.2) is 47.9 Å². The van der Waals surface area contributed by atoms with Gasteiger partial charge in [-0.15, -0.1) is 13.2 Å². The fourth-order valence-electron chi connectivity index (χ4n) is 5.43. The zero-order valence-corrected chi connectivity index (χ0v) is 19.7. The Kier molecular flexibility index (Phi) is 7.32. The fourth-order valence-corrected chi connectivity index (χ4v) is 5.85. The van der Waals surface area contributed by atoms with E-state index in [-0.39, 0.29) is 21.6 Å². The molecule has 1 saturated heterocycles. The quantitative estimate of drug-likeness (QED) is 0.361. The van der Waals surface area contributed by atoms with Crippen LogP contribution in [0.25, 0.3) is 0 Å². The summed E-state index contributed by atoms with van der Waals surface area (Å²) in [5.74, 6) is -0.117. The summed E-state index contributed by atoms with van der Waals surface area (Å²) in [6.07, 6.45) is 8.40. The minimum Gasteiger partial charge on any atom is -0.406 e. The van der Waals surface area contributed by atoms with Gasteiger partial charge in [-0.1, -0.05) is 40.9 Å². The maximum absolute atomic E-state index is 12.8. The zero-order valence-electron chi connectivity index (χ0n) is 18.1. The molecule has 1 spiro atoms. The maximum Gasteiger partial charge on any atom is 0.573 e. The highest BCUT2D eigenvalue weighted by Gasteiger charge is 2.48. The number of aromatic nitrogens is 1. The van der Waals surface area contributed by atoms with Crippen molar-refractivity contribution < 1.29 is 22.6 Å². The molecule has 2 atom stereocenters. The average Bonchev–Trinajstić information content (AvgIpc) is 3.19. The van der Waals surface area contributed by atoms with Crippen LogP contribution in [-0.2, 0) is 14.9 Å². The Bertz CT molecular complexity index is 837. The zero-order chi connectivity index (χ0) is 22.7. The highest BCUT2D eigenvalue weighted by molar-refractivity contribution is 9.09. The minimum atomic E-state index is -4.70. The van der Waals surface area contributed by atoms with Gasteiger partial charge >= 0.3 is 6.36 Å². The Morgan fingerprint density at radius 2 is 2.03 bits per heavy atom. The smallest absolute Gasteiger partial charge is 0.406 e.